The molecule has 2 fully saturated rings. The minimum Gasteiger partial charge on any atom is -0.495 e. The lowest BCUT2D eigenvalue weighted by atomic mass is 10.1. The number of rotatable bonds is 5. The molecule has 8 nitrogen and oxygen atoms in total. The van der Waals surface area contributed by atoms with E-state index in [2.05, 4.69) is 0 Å². The Labute approximate surface area is 188 Å². The molecule has 32 heavy (non-hydrogen) atoms. The summed E-state index contributed by atoms with van der Waals surface area (Å²) in [6, 6.07) is 12.2. The van der Waals surface area contributed by atoms with E-state index >= 15 is 0 Å². The maximum absolute atomic E-state index is 13.4. The lowest BCUT2D eigenvalue weighted by Crippen LogP contribution is -2.50. The molecule has 0 aliphatic carbocycles. The van der Waals surface area contributed by atoms with Gasteiger partial charge in [0.25, 0.3) is 5.91 Å². The number of carbonyl (C=O) groups is 2. The summed E-state index contributed by atoms with van der Waals surface area (Å²) in [7, 11) is -2.44. The molecule has 0 atom stereocenters. The molecule has 2 heterocycles. The molecule has 2 aliphatic rings. The molecule has 0 radical (unpaired) electrons. The van der Waals surface area contributed by atoms with E-state index < -0.39 is 10.0 Å². The first-order chi connectivity index (χ1) is 15.3. The Morgan fingerprint density at radius 3 is 2.25 bits per heavy atom. The number of benzene rings is 2. The Kier molecular flexibility index (Phi) is 6.21. The number of piperazine rings is 1. The summed E-state index contributed by atoms with van der Waals surface area (Å²) in [5.41, 5.74) is 2.22. The van der Waals surface area contributed by atoms with Crippen LogP contribution in [0.3, 0.4) is 0 Å². The molecular weight excluding hydrogens is 430 g/mol. The monoisotopic (exact) mass is 457 g/mol. The fourth-order valence-corrected chi connectivity index (χ4v) is 5.70. The van der Waals surface area contributed by atoms with Gasteiger partial charge in [-0.15, -0.1) is 0 Å². The first-order valence-corrected chi connectivity index (χ1v) is 12.1. The van der Waals surface area contributed by atoms with E-state index in [9.17, 15) is 18.0 Å². The van der Waals surface area contributed by atoms with Crippen LogP contribution in [0.2, 0.25) is 0 Å². The summed E-state index contributed by atoms with van der Waals surface area (Å²) in [5, 5.41) is 0. The van der Waals surface area contributed by atoms with Crippen LogP contribution in [0, 0.1) is 6.92 Å². The van der Waals surface area contributed by atoms with Crippen molar-refractivity contribution in [1.29, 1.82) is 0 Å². The van der Waals surface area contributed by atoms with E-state index in [1.807, 2.05) is 19.1 Å². The maximum Gasteiger partial charge on any atom is 0.253 e. The van der Waals surface area contributed by atoms with Gasteiger partial charge in [0.2, 0.25) is 15.9 Å². The van der Waals surface area contributed by atoms with Crippen molar-refractivity contribution < 1.29 is 22.7 Å². The number of aryl methyl sites for hydroxylation is 1. The van der Waals surface area contributed by atoms with Crippen LogP contribution in [0.4, 0.5) is 5.69 Å². The fourth-order valence-electron chi connectivity index (χ4n) is 4.11. The molecule has 0 spiro atoms. The summed E-state index contributed by atoms with van der Waals surface area (Å²) in [6.07, 6.45) is 1.22. The molecule has 2 amide bonds. The van der Waals surface area contributed by atoms with Gasteiger partial charge in [0.1, 0.15) is 10.6 Å². The van der Waals surface area contributed by atoms with Gasteiger partial charge in [-0.1, -0.05) is 17.7 Å². The summed E-state index contributed by atoms with van der Waals surface area (Å²) < 4.78 is 33.6. The number of sulfonamides is 1. The highest BCUT2D eigenvalue weighted by Gasteiger charge is 2.33. The summed E-state index contributed by atoms with van der Waals surface area (Å²) in [5.74, 6) is 0.120. The molecule has 0 unspecified atom stereocenters. The first-order valence-electron chi connectivity index (χ1n) is 10.7. The normalized spacial score (nSPS) is 17.6. The van der Waals surface area contributed by atoms with Gasteiger partial charge in [-0.25, -0.2) is 8.42 Å². The Hall–Kier alpha value is -2.91. The minimum atomic E-state index is -3.86. The van der Waals surface area contributed by atoms with Crippen LogP contribution >= 0.6 is 0 Å². The van der Waals surface area contributed by atoms with Crippen LogP contribution < -0.4 is 9.64 Å². The molecule has 2 aromatic carbocycles. The molecule has 0 saturated carbocycles. The average molecular weight is 458 g/mol. The molecule has 2 aliphatic heterocycles. The first kappa shape index (κ1) is 22.3. The largest absolute Gasteiger partial charge is 0.495 e. The van der Waals surface area contributed by atoms with E-state index in [1.165, 1.54) is 17.5 Å². The second kappa shape index (κ2) is 8.91. The second-order valence-corrected chi connectivity index (χ2v) is 9.95. The molecule has 0 bridgehead atoms. The topological polar surface area (TPSA) is 87.2 Å². The SMILES string of the molecule is COc1ccc(N2CCCC2=O)cc1S(=O)(=O)N1CCN(C(=O)c2ccc(C)cc2)CC1. The van der Waals surface area contributed by atoms with Crippen molar-refractivity contribution in [2.45, 2.75) is 24.7 Å². The van der Waals surface area contributed by atoms with Crippen LogP contribution in [-0.4, -0.2) is 69.3 Å². The third-order valence-electron chi connectivity index (χ3n) is 5.97. The highest BCUT2D eigenvalue weighted by molar-refractivity contribution is 7.89. The number of hydrogen-bond donors (Lipinski definition) is 0. The minimum absolute atomic E-state index is 0.0123. The number of carbonyl (C=O) groups excluding carboxylic acids is 2. The standard InChI is InChI=1S/C23H27N3O5S/c1-17-5-7-18(8-6-17)23(28)24-12-14-25(15-13-24)32(29,30)21-16-19(9-10-20(21)31-2)26-11-3-4-22(26)27/h5-10,16H,3-4,11-15H2,1-2H3. The molecule has 2 saturated heterocycles. The number of nitrogens with zero attached hydrogens (tertiary/aromatic N) is 3. The van der Waals surface area contributed by atoms with Gasteiger partial charge in [0.05, 0.1) is 7.11 Å². The highest BCUT2D eigenvalue weighted by atomic mass is 32.2. The van der Waals surface area contributed by atoms with Crippen LogP contribution in [0.5, 0.6) is 5.75 Å². The zero-order valence-electron chi connectivity index (χ0n) is 18.3. The molecule has 9 heteroatoms. The van der Waals surface area contributed by atoms with Crippen molar-refractivity contribution in [3.63, 3.8) is 0 Å². The van der Waals surface area contributed by atoms with E-state index in [1.54, 1.807) is 34.1 Å². The zero-order chi connectivity index (χ0) is 22.9. The summed E-state index contributed by atoms with van der Waals surface area (Å²) >= 11 is 0. The van der Waals surface area contributed by atoms with Gasteiger partial charge < -0.3 is 14.5 Å². The van der Waals surface area contributed by atoms with Crippen molar-refractivity contribution in [3.05, 3.63) is 53.6 Å². The van der Waals surface area contributed by atoms with Gasteiger partial charge >= 0.3 is 0 Å². The van der Waals surface area contributed by atoms with Crippen molar-refractivity contribution in [2.75, 3.05) is 44.7 Å². The Bertz CT molecular complexity index is 1120. The van der Waals surface area contributed by atoms with E-state index in [0.29, 0.717) is 37.3 Å². The van der Waals surface area contributed by atoms with Crippen molar-refractivity contribution in [2.24, 2.45) is 0 Å². The van der Waals surface area contributed by atoms with Gasteiger partial charge in [-0.2, -0.15) is 4.31 Å². The van der Waals surface area contributed by atoms with E-state index in [0.717, 1.165) is 12.0 Å². The van der Waals surface area contributed by atoms with Crippen LogP contribution in [0.1, 0.15) is 28.8 Å². The maximum atomic E-state index is 13.4. The van der Waals surface area contributed by atoms with Gasteiger partial charge in [0.15, 0.2) is 0 Å². The predicted octanol–water partition coefficient (Wildman–Crippen LogP) is 2.28. The van der Waals surface area contributed by atoms with Gasteiger partial charge in [-0.05, 0) is 43.7 Å². The summed E-state index contributed by atoms with van der Waals surface area (Å²) in [6.45, 7) is 3.52. The van der Waals surface area contributed by atoms with Crippen molar-refractivity contribution in [1.82, 2.24) is 9.21 Å². The quantitative estimate of drug-likeness (QED) is 0.688. The average Bonchev–Trinajstić information content (AvgIpc) is 3.24. The molecule has 2 aromatic rings. The lowest BCUT2D eigenvalue weighted by molar-refractivity contribution is -0.117. The Morgan fingerprint density at radius 1 is 0.969 bits per heavy atom. The molecule has 0 aromatic heterocycles. The fraction of sp³-hybridized carbons (Fsp3) is 0.391. The van der Waals surface area contributed by atoms with Crippen molar-refractivity contribution >= 4 is 27.5 Å². The molecule has 170 valence electrons. The van der Waals surface area contributed by atoms with Crippen LogP contribution in [0.15, 0.2) is 47.4 Å². The van der Waals surface area contributed by atoms with Gasteiger partial charge in [-0.3, -0.25) is 9.59 Å². The Balaban J connectivity index is 1.52. The van der Waals surface area contributed by atoms with Crippen molar-refractivity contribution in [3.8, 4) is 5.75 Å². The van der Waals surface area contributed by atoms with E-state index in [4.69, 9.17) is 4.74 Å². The van der Waals surface area contributed by atoms with Crippen LogP contribution in [-0.2, 0) is 14.8 Å². The van der Waals surface area contributed by atoms with E-state index in [-0.39, 0.29) is 35.5 Å². The molecular formula is C23H27N3O5S. The number of ether oxygens (including phenoxy) is 1. The third kappa shape index (κ3) is 4.22. The second-order valence-electron chi connectivity index (χ2n) is 8.05. The Morgan fingerprint density at radius 2 is 1.66 bits per heavy atom. The summed E-state index contributed by atoms with van der Waals surface area (Å²) in [4.78, 5) is 28.2. The third-order valence-corrected chi connectivity index (χ3v) is 7.89. The molecule has 0 N–H and O–H groups in total. The van der Waals surface area contributed by atoms with Crippen LogP contribution in [0.25, 0.3) is 0 Å². The highest BCUT2D eigenvalue weighted by Crippen LogP contribution is 2.33. The zero-order valence-corrected chi connectivity index (χ0v) is 19.1. The number of hydrogen-bond acceptors (Lipinski definition) is 5. The molecule has 4 rings (SSSR count). The predicted molar refractivity (Wildman–Crippen MR) is 120 cm³/mol. The van der Waals surface area contributed by atoms with Gasteiger partial charge in [0, 0.05) is 50.4 Å². The number of methoxy groups -OCH3 is 1. The number of anilines is 1. The lowest BCUT2D eigenvalue weighted by Gasteiger charge is -2.34. The smallest absolute Gasteiger partial charge is 0.253 e. The number of amides is 2.